The highest BCUT2D eigenvalue weighted by molar-refractivity contribution is 6.50. The number of nitrogens with zero attached hydrogens (tertiary/aromatic N) is 2. The van der Waals surface area contributed by atoms with Crippen molar-refractivity contribution in [1.82, 2.24) is 9.80 Å². The molecule has 7 heteroatoms. The number of hydrogen-bond donors (Lipinski definition) is 0. The second-order valence-electron chi connectivity index (χ2n) is 4.33. The van der Waals surface area contributed by atoms with Crippen molar-refractivity contribution in [2.75, 3.05) is 13.7 Å². The molecular weight excluding hydrogens is 223 g/mol. The van der Waals surface area contributed by atoms with Gasteiger partial charge in [0.05, 0.1) is 6.67 Å². The Bertz CT molecular complexity index is 234. The first-order chi connectivity index (χ1) is 7.06. The minimum Gasteiger partial charge on any atom is -0.418 e. The fourth-order valence-electron chi connectivity index (χ4n) is 1.13. The molecule has 0 aromatic rings. The maximum atomic E-state index is 9.75. The summed E-state index contributed by atoms with van der Waals surface area (Å²) >= 11 is 0. The molecule has 1 heterocycles. The monoisotopic (exact) mass is 241 g/mol. The van der Waals surface area contributed by atoms with Gasteiger partial charge in [0.15, 0.2) is 0 Å². The number of halogens is 4. The van der Waals surface area contributed by atoms with Gasteiger partial charge >= 0.3 is 7.25 Å². The van der Waals surface area contributed by atoms with Crippen LogP contribution in [0.4, 0.5) is 17.3 Å². The molecule has 1 aliphatic rings. The molecule has 0 radical (unpaired) electrons. The molecule has 1 aliphatic heterocycles. The van der Waals surface area contributed by atoms with Crippen LogP contribution in [0.2, 0.25) is 0 Å². The van der Waals surface area contributed by atoms with Gasteiger partial charge in [-0.2, -0.15) is 0 Å². The van der Waals surface area contributed by atoms with E-state index in [4.69, 9.17) is 0 Å². The van der Waals surface area contributed by atoms with Crippen molar-refractivity contribution in [2.45, 2.75) is 32.7 Å². The van der Waals surface area contributed by atoms with E-state index in [-0.39, 0.29) is 0 Å². The van der Waals surface area contributed by atoms with E-state index in [1.807, 2.05) is 0 Å². The molecular formula is C9H18BF4N2-. The Balaban J connectivity index is 0.000000385. The number of rotatable bonds is 2. The van der Waals surface area contributed by atoms with E-state index >= 15 is 0 Å². The van der Waals surface area contributed by atoms with Crippen LogP contribution in [0.3, 0.4) is 0 Å². The zero-order chi connectivity index (χ0) is 13.0. The highest BCUT2D eigenvalue weighted by atomic mass is 19.5. The summed E-state index contributed by atoms with van der Waals surface area (Å²) in [6.07, 6.45) is 5.48. The van der Waals surface area contributed by atoms with Crippen LogP contribution in [0, 0.1) is 0 Å². The minimum atomic E-state index is -6.00. The quantitative estimate of drug-likeness (QED) is 0.541. The Morgan fingerprint density at radius 1 is 1.19 bits per heavy atom. The van der Waals surface area contributed by atoms with E-state index in [2.05, 4.69) is 50.0 Å². The topological polar surface area (TPSA) is 6.48 Å². The average Bonchev–Trinajstić information content (AvgIpc) is 2.49. The predicted octanol–water partition coefficient (Wildman–Crippen LogP) is 3.15. The van der Waals surface area contributed by atoms with Crippen LogP contribution in [0.1, 0.15) is 27.2 Å². The second kappa shape index (κ2) is 5.45. The van der Waals surface area contributed by atoms with Crippen LogP contribution >= 0.6 is 0 Å². The zero-order valence-electron chi connectivity index (χ0n) is 10.1. The maximum Gasteiger partial charge on any atom is 0.673 e. The normalized spacial score (nSPS) is 16.2. The summed E-state index contributed by atoms with van der Waals surface area (Å²) in [5, 5.41) is 0. The predicted molar refractivity (Wildman–Crippen MR) is 58.2 cm³/mol. The summed E-state index contributed by atoms with van der Waals surface area (Å²) in [6.45, 7) is 7.81. The van der Waals surface area contributed by atoms with Gasteiger partial charge in [0.1, 0.15) is 0 Å². The summed E-state index contributed by atoms with van der Waals surface area (Å²) in [4.78, 5) is 4.56. The van der Waals surface area contributed by atoms with Crippen molar-refractivity contribution < 1.29 is 17.3 Å². The van der Waals surface area contributed by atoms with Gasteiger partial charge < -0.3 is 27.1 Å². The lowest BCUT2D eigenvalue weighted by atomic mass is 10.0. The van der Waals surface area contributed by atoms with Gasteiger partial charge in [-0.15, -0.1) is 0 Å². The SMILES string of the molecule is CCC(C)(C)N1C=CN(C)C1.F[B-](F)(F)F. The van der Waals surface area contributed by atoms with Gasteiger partial charge in [0, 0.05) is 25.0 Å². The Hall–Kier alpha value is -0.875. The Morgan fingerprint density at radius 2 is 1.62 bits per heavy atom. The third-order valence-corrected chi connectivity index (χ3v) is 2.52. The number of hydrogen-bond acceptors (Lipinski definition) is 2. The highest BCUT2D eigenvalue weighted by Crippen LogP contribution is 2.21. The lowest BCUT2D eigenvalue weighted by molar-refractivity contribution is 0.152. The lowest BCUT2D eigenvalue weighted by Crippen LogP contribution is -2.40. The third kappa shape index (κ3) is 6.58. The molecule has 0 aromatic heterocycles. The molecule has 0 saturated heterocycles. The highest BCUT2D eigenvalue weighted by Gasteiger charge is 2.24. The minimum absolute atomic E-state index is 0.307. The van der Waals surface area contributed by atoms with Crippen molar-refractivity contribution in [2.24, 2.45) is 0 Å². The van der Waals surface area contributed by atoms with E-state index in [1.165, 1.54) is 6.42 Å². The van der Waals surface area contributed by atoms with E-state index < -0.39 is 7.25 Å². The standard InChI is InChI=1S/C9H18N2.BF4/c1-5-9(2,3)11-7-6-10(4)8-11;2-1(3,4)5/h6-7H,5,8H2,1-4H3;/q;-1. The summed E-state index contributed by atoms with van der Waals surface area (Å²) in [7, 11) is -3.90. The fraction of sp³-hybridized carbons (Fsp3) is 0.778. The van der Waals surface area contributed by atoms with Gasteiger partial charge in [-0.25, -0.2) is 0 Å². The van der Waals surface area contributed by atoms with Crippen LogP contribution in [0.25, 0.3) is 0 Å². The van der Waals surface area contributed by atoms with Crippen molar-refractivity contribution in [1.29, 1.82) is 0 Å². The molecule has 0 unspecified atom stereocenters. The molecule has 0 spiro atoms. The van der Waals surface area contributed by atoms with Crippen molar-refractivity contribution in [3.8, 4) is 0 Å². The first-order valence-corrected chi connectivity index (χ1v) is 5.09. The first kappa shape index (κ1) is 15.1. The van der Waals surface area contributed by atoms with Crippen LogP contribution in [-0.2, 0) is 0 Å². The summed E-state index contributed by atoms with van der Waals surface area (Å²) in [5.41, 5.74) is 0.307. The molecule has 16 heavy (non-hydrogen) atoms. The van der Waals surface area contributed by atoms with Crippen LogP contribution < -0.4 is 0 Å². The summed E-state index contributed by atoms with van der Waals surface area (Å²) in [5.74, 6) is 0. The van der Waals surface area contributed by atoms with Gasteiger partial charge in [-0.05, 0) is 20.3 Å². The Labute approximate surface area is 94.0 Å². The van der Waals surface area contributed by atoms with E-state index in [9.17, 15) is 17.3 Å². The first-order valence-electron chi connectivity index (χ1n) is 5.09. The van der Waals surface area contributed by atoms with Crippen LogP contribution in [-0.4, -0.2) is 36.3 Å². The molecule has 0 amide bonds. The molecule has 0 aromatic carbocycles. The molecule has 0 bridgehead atoms. The fourth-order valence-corrected chi connectivity index (χ4v) is 1.13. The van der Waals surface area contributed by atoms with Crippen molar-refractivity contribution >= 4 is 7.25 Å². The largest absolute Gasteiger partial charge is 0.673 e. The van der Waals surface area contributed by atoms with Gasteiger partial charge in [0.2, 0.25) is 0 Å². The molecule has 0 N–H and O–H groups in total. The van der Waals surface area contributed by atoms with Gasteiger partial charge in [0.25, 0.3) is 0 Å². The van der Waals surface area contributed by atoms with E-state index in [0.717, 1.165) is 6.67 Å². The molecule has 0 atom stereocenters. The summed E-state index contributed by atoms with van der Waals surface area (Å²) < 4.78 is 39.0. The average molecular weight is 241 g/mol. The van der Waals surface area contributed by atoms with Gasteiger partial charge in [-0.1, -0.05) is 6.92 Å². The van der Waals surface area contributed by atoms with E-state index in [0.29, 0.717) is 5.54 Å². The Kier molecular flexibility index (Phi) is 5.15. The smallest absolute Gasteiger partial charge is 0.418 e. The van der Waals surface area contributed by atoms with Crippen LogP contribution in [0.5, 0.6) is 0 Å². The van der Waals surface area contributed by atoms with Crippen molar-refractivity contribution in [3.05, 3.63) is 12.4 Å². The van der Waals surface area contributed by atoms with Crippen molar-refractivity contribution in [3.63, 3.8) is 0 Å². The molecule has 0 saturated carbocycles. The maximum absolute atomic E-state index is 9.75. The van der Waals surface area contributed by atoms with E-state index in [1.54, 1.807) is 0 Å². The molecule has 1 rings (SSSR count). The second-order valence-corrected chi connectivity index (χ2v) is 4.33. The molecule has 96 valence electrons. The molecule has 0 fully saturated rings. The zero-order valence-corrected chi connectivity index (χ0v) is 10.1. The Morgan fingerprint density at radius 3 is 1.88 bits per heavy atom. The van der Waals surface area contributed by atoms with Crippen LogP contribution in [0.15, 0.2) is 12.4 Å². The molecule has 0 aliphatic carbocycles. The summed E-state index contributed by atoms with van der Waals surface area (Å²) in [6, 6.07) is 0. The molecule has 2 nitrogen and oxygen atoms in total. The van der Waals surface area contributed by atoms with Gasteiger partial charge in [-0.3, -0.25) is 0 Å². The third-order valence-electron chi connectivity index (χ3n) is 2.52. The lowest BCUT2D eigenvalue weighted by Gasteiger charge is -2.35.